The van der Waals surface area contributed by atoms with Gasteiger partial charge in [0.2, 0.25) is 0 Å². The maximum Gasteiger partial charge on any atom is 0.319 e. The lowest BCUT2D eigenvalue weighted by molar-refractivity contribution is 0.0966. The molecule has 0 radical (unpaired) electrons. The van der Waals surface area contributed by atoms with Gasteiger partial charge in [0.1, 0.15) is 10.3 Å². The van der Waals surface area contributed by atoms with E-state index in [1.54, 1.807) is 0 Å². The number of imide groups is 1. The summed E-state index contributed by atoms with van der Waals surface area (Å²) in [6.07, 6.45) is 0. The maximum absolute atomic E-state index is 11.2. The summed E-state index contributed by atoms with van der Waals surface area (Å²) in [6, 6.07) is 1.76. The molecular formula is C7H5Cl2N3O2. The highest BCUT2D eigenvalue weighted by molar-refractivity contribution is 6.34. The van der Waals surface area contributed by atoms with E-state index in [9.17, 15) is 9.59 Å². The minimum atomic E-state index is -0.957. The lowest BCUT2D eigenvalue weighted by Gasteiger charge is -2.02. The molecule has 0 aliphatic rings. The van der Waals surface area contributed by atoms with Crippen LogP contribution in [-0.4, -0.2) is 16.9 Å². The third-order valence-electron chi connectivity index (χ3n) is 1.30. The Morgan fingerprint density at radius 3 is 2.50 bits per heavy atom. The summed E-state index contributed by atoms with van der Waals surface area (Å²) in [5.74, 6) is -0.716. The van der Waals surface area contributed by atoms with Crippen molar-refractivity contribution in [2.75, 3.05) is 0 Å². The first-order valence-corrected chi connectivity index (χ1v) is 4.19. The first kappa shape index (κ1) is 10.7. The van der Waals surface area contributed by atoms with Crippen molar-refractivity contribution in [2.45, 2.75) is 0 Å². The van der Waals surface area contributed by atoms with Crippen molar-refractivity contribution >= 4 is 35.1 Å². The predicted molar refractivity (Wildman–Crippen MR) is 51.3 cm³/mol. The lowest BCUT2D eigenvalue weighted by atomic mass is 10.3. The van der Waals surface area contributed by atoms with Crippen molar-refractivity contribution < 1.29 is 9.59 Å². The van der Waals surface area contributed by atoms with Gasteiger partial charge in [0, 0.05) is 0 Å². The summed E-state index contributed by atoms with van der Waals surface area (Å²) in [6.45, 7) is 0. The van der Waals surface area contributed by atoms with E-state index < -0.39 is 11.9 Å². The molecule has 14 heavy (non-hydrogen) atoms. The van der Waals surface area contributed by atoms with Crippen molar-refractivity contribution in [1.29, 1.82) is 0 Å². The van der Waals surface area contributed by atoms with E-state index in [0.29, 0.717) is 0 Å². The van der Waals surface area contributed by atoms with E-state index in [1.807, 2.05) is 5.32 Å². The van der Waals surface area contributed by atoms with Gasteiger partial charge in [-0.15, -0.1) is 0 Å². The largest absolute Gasteiger partial charge is 0.351 e. The molecule has 0 saturated carbocycles. The standard InChI is InChI=1S/C7H5Cl2N3O2/c8-4-2-1-3(5(9)11-4)6(13)12-7(10)14/h1-2H,(H3,10,12,13,14). The maximum atomic E-state index is 11.2. The van der Waals surface area contributed by atoms with Gasteiger partial charge in [-0.25, -0.2) is 9.78 Å². The number of hydrogen-bond donors (Lipinski definition) is 2. The van der Waals surface area contributed by atoms with Gasteiger partial charge in [-0.2, -0.15) is 0 Å². The molecule has 0 fully saturated rings. The minimum Gasteiger partial charge on any atom is -0.351 e. The number of nitrogens with one attached hydrogen (secondary N) is 1. The van der Waals surface area contributed by atoms with Crippen LogP contribution in [0.2, 0.25) is 10.3 Å². The van der Waals surface area contributed by atoms with E-state index in [2.05, 4.69) is 4.98 Å². The highest BCUT2D eigenvalue weighted by Crippen LogP contribution is 2.16. The Morgan fingerprint density at radius 1 is 1.36 bits per heavy atom. The van der Waals surface area contributed by atoms with Crippen molar-refractivity contribution in [3.63, 3.8) is 0 Å². The van der Waals surface area contributed by atoms with Gasteiger partial charge in [-0.3, -0.25) is 10.1 Å². The van der Waals surface area contributed by atoms with Crippen molar-refractivity contribution in [2.24, 2.45) is 5.73 Å². The van der Waals surface area contributed by atoms with E-state index >= 15 is 0 Å². The molecule has 0 bridgehead atoms. The van der Waals surface area contributed by atoms with Crippen LogP contribution in [0.15, 0.2) is 12.1 Å². The highest BCUT2D eigenvalue weighted by atomic mass is 35.5. The molecule has 1 heterocycles. The molecule has 0 aromatic carbocycles. The molecule has 7 heteroatoms. The van der Waals surface area contributed by atoms with Gasteiger partial charge >= 0.3 is 6.03 Å². The summed E-state index contributed by atoms with van der Waals surface area (Å²) in [4.78, 5) is 25.2. The molecule has 0 saturated heterocycles. The Morgan fingerprint density at radius 2 is 2.00 bits per heavy atom. The van der Waals surface area contributed by atoms with Crippen LogP contribution < -0.4 is 11.1 Å². The quantitative estimate of drug-likeness (QED) is 0.715. The molecule has 0 spiro atoms. The molecule has 3 N–H and O–H groups in total. The molecule has 1 aromatic heterocycles. The van der Waals surface area contributed by atoms with Gasteiger partial charge < -0.3 is 5.73 Å². The van der Waals surface area contributed by atoms with Crippen LogP contribution in [0.4, 0.5) is 4.79 Å². The zero-order valence-electron chi connectivity index (χ0n) is 6.75. The normalized spacial score (nSPS) is 9.57. The third-order valence-corrected chi connectivity index (χ3v) is 1.79. The zero-order chi connectivity index (χ0) is 10.7. The summed E-state index contributed by atoms with van der Waals surface area (Å²) < 4.78 is 0. The number of hydrogen-bond acceptors (Lipinski definition) is 3. The fraction of sp³-hybridized carbons (Fsp3) is 0. The molecule has 0 aliphatic heterocycles. The second-order valence-electron chi connectivity index (χ2n) is 2.29. The molecule has 1 rings (SSSR count). The van der Waals surface area contributed by atoms with Crippen LogP contribution >= 0.6 is 23.2 Å². The van der Waals surface area contributed by atoms with Gasteiger partial charge in [0.25, 0.3) is 5.91 Å². The van der Waals surface area contributed by atoms with Gasteiger partial charge in [0.05, 0.1) is 5.56 Å². The summed E-state index contributed by atoms with van der Waals surface area (Å²) in [7, 11) is 0. The van der Waals surface area contributed by atoms with E-state index in [4.69, 9.17) is 28.9 Å². The zero-order valence-corrected chi connectivity index (χ0v) is 8.26. The summed E-state index contributed by atoms with van der Waals surface area (Å²) in [5, 5.41) is 1.92. The number of carbonyl (C=O) groups is 2. The van der Waals surface area contributed by atoms with Crippen molar-refractivity contribution in [3.05, 3.63) is 28.0 Å². The Kier molecular flexibility index (Phi) is 3.27. The fourth-order valence-electron chi connectivity index (χ4n) is 0.761. The molecule has 0 unspecified atom stereocenters. The topological polar surface area (TPSA) is 85.1 Å². The Bertz CT molecular complexity index is 395. The number of pyridine rings is 1. The number of halogens is 2. The Balaban J connectivity index is 2.96. The lowest BCUT2D eigenvalue weighted by Crippen LogP contribution is -2.35. The molecular weight excluding hydrogens is 229 g/mol. The number of carbonyl (C=O) groups excluding carboxylic acids is 2. The van der Waals surface area contributed by atoms with Crippen LogP contribution in [0, 0.1) is 0 Å². The smallest absolute Gasteiger partial charge is 0.319 e. The first-order chi connectivity index (χ1) is 6.50. The average molecular weight is 234 g/mol. The van der Waals surface area contributed by atoms with Gasteiger partial charge in [-0.1, -0.05) is 23.2 Å². The van der Waals surface area contributed by atoms with Crippen LogP contribution in [0.3, 0.4) is 0 Å². The number of primary amides is 1. The Hall–Kier alpha value is -1.33. The van der Waals surface area contributed by atoms with Crippen molar-refractivity contribution in [3.8, 4) is 0 Å². The number of amides is 3. The summed E-state index contributed by atoms with van der Waals surface area (Å²) >= 11 is 11.1. The number of nitrogens with two attached hydrogens (primary N) is 1. The Labute approximate surface area is 89.2 Å². The summed E-state index contributed by atoms with van der Waals surface area (Å²) in [5.41, 5.74) is 4.79. The molecule has 0 atom stereocenters. The first-order valence-electron chi connectivity index (χ1n) is 3.43. The van der Waals surface area contributed by atoms with Crippen LogP contribution in [0.1, 0.15) is 10.4 Å². The molecule has 5 nitrogen and oxygen atoms in total. The number of aromatic nitrogens is 1. The van der Waals surface area contributed by atoms with Crippen LogP contribution in [0.25, 0.3) is 0 Å². The second-order valence-corrected chi connectivity index (χ2v) is 3.04. The third kappa shape index (κ3) is 2.58. The molecule has 1 aromatic rings. The minimum absolute atomic E-state index is 0.0369. The average Bonchev–Trinajstić information content (AvgIpc) is 2.01. The monoisotopic (exact) mass is 233 g/mol. The van der Waals surface area contributed by atoms with Crippen LogP contribution in [-0.2, 0) is 0 Å². The molecule has 74 valence electrons. The molecule has 0 aliphatic carbocycles. The van der Waals surface area contributed by atoms with Crippen molar-refractivity contribution in [1.82, 2.24) is 10.3 Å². The second kappa shape index (κ2) is 4.26. The predicted octanol–water partition coefficient (Wildman–Crippen LogP) is 1.20. The van der Waals surface area contributed by atoms with E-state index in [1.165, 1.54) is 12.1 Å². The number of rotatable bonds is 1. The number of urea groups is 1. The number of nitrogens with zero attached hydrogens (tertiary/aromatic N) is 1. The fourth-order valence-corrected chi connectivity index (χ4v) is 1.19. The van der Waals surface area contributed by atoms with E-state index in [0.717, 1.165) is 0 Å². The SMILES string of the molecule is NC(=O)NC(=O)c1ccc(Cl)nc1Cl. The molecule has 3 amide bonds. The van der Waals surface area contributed by atoms with Crippen LogP contribution in [0.5, 0.6) is 0 Å². The van der Waals surface area contributed by atoms with E-state index in [-0.39, 0.29) is 15.9 Å². The van der Waals surface area contributed by atoms with Gasteiger partial charge in [0.15, 0.2) is 0 Å². The highest BCUT2D eigenvalue weighted by Gasteiger charge is 2.12. The van der Waals surface area contributed by atoms with Gasteiger partial charge in [-0.05, 0) is 12.1 Å².